The molecule has 0 saturated carbocycles. The Morgan fingerprint density at radius 2 is 1.77 bits per heavy atom. The SMILES string of the molecule is COc1ccc(S(=O)(=O)Nc2ccccc2)cc1NC1CCN(C)CC1. The fraction of sp³-hybridized carbons (Fsp3) is 0.368. The Morgan fingerprint density at radius 1 is 1.08 bits per heavy atom. The zero-order chi connectivity index (χ0) is 18.6. The van der Waals surface area contributed by atoms with Gasteiger partial charge in [-0.05, 0) is 63.3 Å². The third-order valence-electron chi connectivity index (χ3n) is 4.59. The minimum atomic E-state index is -3.66. The number of sulfonamides is 1. The lowest BCUT2D eigenvalue weighted by Crippen LogP contribution is -2.36. The van der Waals surface area contributed by atoms with E-state index in [9.17, 15) is 8.42 Å². The van der Waals surface area contributed by atoms with Crippen molar-refractivity contribution in [2.24, 2.45) is 0 Å². The van der Waals surface area contributed by atoms with Crippen molar-refractivity contribution in [3.63, 3.8) is 0 Å². The first-order valence-electron chi connectivity index (χ1n) is 8.69. The van der Waals surface area contributed by atoms with E-state index in [0.29, 0.717) is 23.2 Å². The van der Waals surface area contributed by atoms with Gasteiger partial charge in [0.1, 0.15) is 5.75 Å². The average molecular weight is 375 g/mol. The molecule has 140 valence electrons. The number of nitrogens with one attached hydrogen (secondary N) is 2. The number of piperidine rings is 1. The van der Waals surface area contributed by atoms with Crippen LogP contribution in [-0.4, -0.2) is 46.6 Å². The Morgan fingerprint density at radius 3 is 2.42 bits per heavy atom. The summed E-state index contributed by atoms with van der Waals surface area (Å²) >= 11 is 0. The van der Waals surface area contributed by atoms with Gasteiger partial charge in [-0.3, -0.25) is 4.72 Å². The smallest absolute Gasteiger partial charge is 0.261 e. The molecule has 2 aromatic carbocycles. The van der Waals surface area contributed by atoms with Crippen LogP contribution in [0.15, 0.2) is 53.4 Å². The molecule has 0 spiro atoms. The molecular weight excluding hydrogens is 350 g/mol. The van der Waals surface area contributed by atoms with Crippen LogP contribution in [-0.2, 0) is 10.0 Å². The largest absolute Gasteiger partial charge is 0.495 e. The van der Waals surface area contributed by atoms with Gasteiger partial charge in [0.05, 0.1) is 17.7 Å². The van der Waals surface area contributed by atoms with Crippen molar-refractivity contribution in [2.45, 2.75) is 23.8 Å². The highest BCUT2D eigenvalue weighted by Crippen LogP contribution is 2.30. The topological polar surface area (TPSA) is 70.7 Å². The highest BCUT2D eigenvalue weighted by Gasteiger charge is 2.20. The molecule has 0 amide bonds. The van der Waals surface area contributed by atoms with Crippen LogP contribution in [0.4, 0.5) is 11.4 Å². The van der Waals surface area contributed by atoms with E-state index < -0.39 is 10.0 Å². The van der Waals surface area contributed by atoms with Crippen molar-refractivity contribution in [2.75, 3.05) is 37.3 Å². The van der Waals surface area contributed by atoms with Gasteiger partial charge in [0.25, 0.3) is 10.0 Å². The van der Waals surface area contributed by atoms with Crippen molar-refractivity contribution in [3.05, 3.63) is 48.5 Å². The molecule has 0 atom stereocenters. The summed E-state index contributed by atoms with van der Waals surface area (Å²) in [5, 5.41) is 3.45. The van der Waals surface area contributed by atoms with Crippen molar-refractivity contribution >= 4 is 21.4 Å². The highest BCUT2D eigenvalue weighted by atomic mass is 32.2. The molecule has 1 heterocycles. The van der Waals surface area contributed by atoms with Gasteiger partial charge in [-0.2, -0.15) is 0 Å². The van der Waals surface area contributed by atoms with E-state index in [-0.39, 0.29) is 4.90 Å². The van der Waals surface area contributed by atoms with Gasteiger partial charge in [-0.25, -0.2) is 8.42 Å². The number of rotatable bonds is 6. The molecule has 1 saturated heterocycles. The van der Waals surface area contributed by atoms with Crippen LogP contribution in [0.2, 0.25) is 0 Å². The quantitative estimate of drug-likeness (QED) is 0.812. The van der Waals surface area contributed by atoms with E-state index in [0.717, 1.165) is 25.9 Å². The molecule has 2 N–H and O–H groups in total. The Bertz CT molecular complexity index is 832. The summed E-state index contributed by atoms with van der Waals surface area (Å²) in [5.41, 5.74) is 1.24. The Balaban J connectivity index is 1.82. The molecule has 1 fully saturated rings. The number of hydrogen-bond donors (Lipinski definition) is 2. The average Bonchev–Trinajstić information content (AvgIpc) is 2.64. The maximum Gasteiger partial charge on any atom is 0.261 e. The maximum absolute atomic E-state index is 12.7. The maximum atomic E-state index is 12.7. The zero-order valence-corrected chi connectivity index (χ0v) is 15.9. The molecule has 0 bridgehead atoms. The van der Waals surface area contributed by atoms with E-state index in [1.807, 2.05) is 6.07 Å². The second-order valence-corrected chi connectivity index (χ2v) is 8.24. The van der Waals surface area contributed by atoms with Gasteiger partial charge in [-0.1, -0.05) is 18.2 Å². The first kappa shape index (κ1) is 18.5. The molecule has 6 nitrogen and oxygen atoms in total. The lowest BCUT2D eigenvalue weighted by molar-refractivity contribution is 0.263. The number of nitrogens with zero attached hydrogens (tertiary/aromatic N) is 1. The second-order valence-electron chi connectivity index (χ2n) is 6.56. The summed E-state index contributed by atoms with van der Waals surface area (Å²) < 4.78 is 33.4. The predicted octanol–water partition coefficient (Wildman–Crippen LogP) is 3.00. The molecule has 0 aliphatic carbocycles. The van der Waals surface area contributed by atoms with Crippen LogP contribution in [0.3, 0.4) is 0 Å². The predicted molar refractivity (Wildman–Crippen MR) is 104 cm³/mol. The third-order valence-corrected chi connectivity index (χ3v) is 5.96. The summed E-state index contributed by atoms with van der Waals surface area (Å²) in [6.07, 6.45) is 2.03. The zero-order valence-electron chi connectivity index (χ0n) is 15.1. The summed E-state index contributed by atoms with van der Waals surface area (Å²) in [5.74, 6) is 0.641. The number of anilines is 2. The van der Waals surface area contributed by atoms with Crippen LogP contribution in [0.25, 0.3) is 0 Å². The van der Waals surface area contributed by atoms with Crippen LogP contribution in [0.5, 0.6) is 5.75 Å². The minimum absolute atomic E-state index is 0.206. The molecule has 1 aliphatic rings. The molecule has 0 radical (unpaired) electrons. The van der Waals surface area contributed by atoms with E-state index in [4.69, 9.17) is 4.74 Å². The van der Waals surface area contributed by atoms with E-state index in [1.54, 1.807) is 49.6 Å². The summed E-state index contributed by atoms with van der Waals surface area (Å²) in [6, 6.07) is 14.1. The number of benzene rings is 2. The second kappa shape index (κ2) is 7.97. The van der Waals surface area contributed by atoms with Crippen molar-refractivity contribution in [1.29, 1.82) is 0 Å². The Kier molecular flexibility index (Phi) is 5.68. The van der Waals surface area contributed by atoms with E-state index in [1.165, 1.54) is 0 Å². The fourth-order valence-electron chi connectivity index (χ4n) is 3.06. The monoisotopic (exact) mass is 375 g/mol. The third kappa shape index (κ3) is 4.47. The molecule has 0 aromatic heterocycles. The van der Waals surface area contributed by atoms with Crippen LogP contribution >= 0.6 is 0 Å². The lowest BCUT2D eigenvalue weighted by Gasteiger charge is -2.30. The van der Waals surface area contributed by atoms with Gasteiger partial charge in [0.2, 0.25) is 0 Å². The molecule has 3 rings (SSSR count). The molecule has 1 aliphatic heterocycles. The van der Waals surface area contributed by atoms with Crippen LogP contribution in [0.1, 0.15) is 12.8 Å². The Labute approximate surface area is 155 Å². The summed E-state index contributed by atoms with van der Waals surface area (Å²) in [4.78, 5) is 2.50. The summed E-state index contributed by atoms with van der Waals surface area (Å²) in [7, 11) is 0.0350. The fourth-order valence-corrected chi connectivity index (χ4v) is 4.14. The molecule has 0 unspecified atom stereocenters. The van der Waals surface area contributed by atoms with E-state index >= 15 is 0 Å². The van der Waals surface area contributed by atoms with Gasteiger partial charge in [0.15, 0.2) is 0 Å². The lowest BCUT2D eigenvalue weighted by atomic mass is 10.1. The first-order valence-corrected chi connectivity index (χ1v) is 10.2. The van der Waals surface area contributed by atoms with Crippen molar-refractivity contribution in [3.8, 4) is 5.75 Å². The number of likely N-dealkylation sites (tertiary alicyclic amines) is 1. The number of hydrogen-bond acceptors (Lipinski definition) is 5. The molecule has 26 heavy (non-hydrogen) atoms. The van der Waals surface area contributed by atoms with Gasteiger partial charge >= 0.3 is 0 Å². The van der Waals surface area contributed by atoms with Crippen molar-refractivity contribution in [1.82, 2.24) is 4.90 Å². The van der Waals surface area contributed by atoms with Crippen molar-refractivity contribution < 1.29 is 13.2 Å². The first-order chi connectivity index (χ1) is 12.5. The number of ether oxygens (including phenoxy) is 1. The van der Waals surface area contributed by atoms with Gasteiger partial charge in [0, 0.05) is 11.7 Å². The van der Waals surface area contributed by atoms with E-state index in [2.05, 4.69) is 22.0 Å². The van der Waals surface area contributed by atoms with Gasteiger partial charge < -0.3 is 15.0 Å². The van der Waals surface area contributed by atoms with Crippen LogP contribution in [0, 0.1) is 0 Å². The molecular formula is C19H25N3O3S. The normalized spacial score (nSPS) is 16.2. The Hall–Kier alpha value is -2.25. The summed E-state index contributed by atoms with van der Waals surface area (Å²) in [6.45, 7) is 2.04. The standard InChI is InChI=1S/C19H25N3O3S/c1-22-12-10-15(11-13-22)20-18-14-17(8-9-19(18)25-2)26(23,24)21-16-6-4-3-5-7-16/h3-9,14-15,20-21H,10-13H2,1-2H3. The highest BCUT2D eigenvalue weighted by molar-refractivity contribution is 7.92. The minimum Gasteiger partial charge on any atom is -0.495 e. The number of methoxy groups -OCH3 is 1. The number of para-hydroxylation sites is 1. The van der Waals surface area contributed by atoms with Crippen LogP contribution < -0.4 is 14.8 Å². The molecule has 7 heteroatoms. The molecule has 2 aromatic rings. The van der Waals surface area contributed by atoms with Gasteiger partial charge in [-0.15, -0.1) is 0 Å².